The second-order valence-electron chi connectivity index (χ2n) is 5.91. The van der Waals surface area contributed by atoms with Gasteiger partial charge in [0.25, 0.3) is 0 Å². The molecule has 1 heterocycles. The first kappa shape index (κ1) is 11.6. The van der Waals surface area contributed by atoms with Gasteiger partial charge in [0, 0.05) is 18.9 Å². The summed E-state index contributed by atoms with van der Waals surface area (Å²) in [6, 6.07) is 0. The van der Waals surface area contributed by atoms with Crippen molar-refractivity contribution in [2.75, 3.05) is 0 Å². The molecule has 90 valence electrons. The average Bonchev–Trinajstić information content (AvgIpc) is 2.70. The predicted molar refractivity (Wildman–Crippen MR) is 64.0 cm³/mol. The molecule has 1 aliphatic rings. The maximum Gasteiger partial charge on any atom is 0.141 e. The van der Waals surface area contributed by atoms with E-state index in [1.54, 1.807) is 6.20 Å². The lowest BCUT2D eigenvalue weighted by atomic mass is 9.88. The van der Waals surface area contributed by atoms with Crippen molar-refractivity contribution in [1.82, 2.24) is 9.55 Å². The van der Waals surface area contributed by atoms with E-state index < -0.39 is 5.60 Å². The number of aryl methyl sites for hydroxylation is 1. The van der Waals surface area contributed by atoms with Crippen molar-refractivity contribution < 1.29 is 5.11 Å². The lowest BCUT2D eigenvalue weighted by Gasteiger charge is -2.28. The van der Waals surface area contributed by atoms with Crippen molar-refractivity contribution >= 4 is 0 Å². The summed E-state index contributed by atoms with van der Waals surface area (Å²) in [5.74, 6) is 1.11. The van der Waals surface area contributed by atoms with Crippen LogP contribution in [-0.4, -0.2) is 14.7 Å². The fourth-order valence-electron chi connectivity index (χ4n) is 3.22. The van der Waals surface area contributed by atoms with Crippen molar-refractivity contribution in [2.24, 2.45) is 11.3 Å². The molecule has 2 atom stereocenters. The van der Waals surface area contributed by atoms with E-state index in [1.807, 2.05) is 6.20 Å². The Hall–Kier alpha value is -0.830. The molecule has 0 aliphatic heterocycles. The van der Waals surface area contributed by atoms with Crippen LogP contribution in [0.2, 0.25) is 0 Å². The molecule has 3 nitrogen and oxygen atoms in total. The molecule has 0 aromatic carbocycles. The largest absolute Gasteiger partial charge is 0.382 e. The number of hydrogen-bond donors (Lipinski definition) is 1. The van der Waals surface area contributed by atoms with E-state index in [9.17, 15) is 5.11 Å². The first-order valence-electron chi connectivity index (χ1n) is 6.13. The van der Waals surface area contributed by atoms with E-state index in [-0.39, 0.29) is 11.3 Å². The van der Waals surface area contributed by atoms with Crippen LogP contribution in [0.25, 0.3) is 0 Å². The Morgan fingerprint density at radius 1 is 1.56 bits per heavy atom. The number of rotatable bonds is 2. The van der Waals surface area contributed by atoms with Gasteiger partial charge in [-0.3, -0.25) is 0 Å². The smallest absolute Gasteiger partial charge is 0.141 e. The van der Waals surface area contributed by atoms with Gasteiger partial charge in [-0.25, -0.2) is 4.98 Å². The quantitative estimate of drug-likeness (QED) is 0.835. The highest BCUT2D eigenvalue weighted by Gasteiger charge is 2.50. The molecule has 0 spiro atoms. The zero-order valence-electron chi connectivity index (χ0n) is 10.7. The summed E-state index contributed by atoms with van der Waals surface area (Å²) in [4.78, 5) is 4.37. The van der Waals surface area contributed by atoms with Crippen LogP contribution in [0.15, 0.2) is 12.4 Å². The third-order valence-corrected chi connectivity index (χ3v) is 3.87. The maximum absolute atomic E-state index is 10.9. The van der Waals surface area contributed by atoms with E-state index in [0.717, 1.165) is 25.2 Å². The van der Waals surface area contributed by atoms with Crippen LogP contribution < -0.4 is 0 Å². The molecule has 16 heavy (non-hydrogen) atoms. The van der Waals surface area contributed by atoms with Gasteiger partial charge >= 0.3 is 0 Å². The fraction of sp³-hybridized carbons (Fsp3) is 0.769. The molecule has 3 heteroatoms. The van der Waals surface area contributed by atoms with Crippen LogP contribution in [0.4, 0.5) is 0 Å². The molecule has 1 aromatic rings. The molecule has 1 fully saturated rings. The lowest BCUT2D eigenvalue weighted by molar-refractivity contribution is -0.0124. The normalized spacial score (nSPS) is 33.2. The SMILES string of the molecule is CCn1ccnc1C1(O)CC(C)(C)CC1C. The molecule has 0 saturated heterocycles. The summed E-state index contributed by atoms with van der Waals surface area (Å²) in [6.07, 6.45) is 5.60. The third-order valence-electron chi connectivity index (χ3n) is 3.87. The Morgan fingerprint density at radius 3 is 2.75 bits per heavy atom. The van der Waals surface area contributed by atoms with Gasteiger partial charge in [0.1, 0.15) is 11.4 Å². The van der Waals surface area contributed by atoms with Crippen molar-refractivity contribution in [3.8, 4) is 0 Å². The zero-order chi connectivity index (χ0) is 12.0. The minimum atomic E-state index is -0.747. The van der Waals surface area contributed by atoms with Gasteiger partial charge < -0.3 is 9.67 Å². The average molecular weight is 222 g/mol. The molecule has 1 aliphatic carbocycles. The molecule has 0 radical (unpaired) electrons. The summed E-state index contributed by atoms with van der Waals surface area (Å²) in [5, 5.41) is 10.9. The van der Waals surface area contributed by atoms with Gasteiger partial charge in [-0.1, -0.05) is 20.8 Å². The molecular formula is C13H22N2O. The molecule has 0 amide bonds. The number of aliphatic hydroxyl groups is 1. The fourth-order valence-corrected chi connectivity index (χ4v) is 3.22. The van der Waals surface area contributed by atoms with Crippen molar-refractivity contribution in [3.05, 3.63) is 18.2 Å². The Kier molecular flexibility index (Phi) is 2.61. The number of hydrogen-bond acceptors (Lipinski definition) is 2. The molecule has 2 rings (SSSR count). The summed E-state index contributed by atoms with van der Waals surface area (Å²) in [5.41, 5.74) is -0.540. The molecule has 1 aromatic heterocycles. The van der Waals surface area contributed by atoms with E-state index in [2.05, 4.69) is 37.2 Å². The van der Waals surface area contributed by atoms with Gasteiger partial charge in [0.05, 0.1) is 0 Å². The maximum atomic E-state index is 10.9. The van der Waals surface area contributed by atoms with E-state index >= 15 is 0 Å². The monoisotopic (exact) mass is 222 g/mol. The van der Waals surface area contributed by atoms with Gasteiger partial charge in [0.15, 0.2) is 0 Å². The lowest BCUT2D eigenvalue weighted by Crippen LogP contribution is -2.32. The van der Waals surface area contributed by atoms with Gasteiger partial charge in [-0.2, -0.15) is 0 Å². The van der Waals surface area contributed by atoms with Crippen molar-refractivity contribution in [1.29, 1.82) is 0 Å². The minimum Gasteiger partial charge on any atom is -0.382 e. The van der Waals surface area contributed by atoms with Crippen molar-refractivity contribution in [2.45, 2.75) is 52.7 Å². The predicted octanol–water partition coefficient (Wildman–Crippen LogP) is 2.55. The summed E-state index contributed by atoms with van der Waals surface area (Å²) < 4.78 is 2.05. The molecular weight excluding hydrogens is 200 g/mol. The standard InChI is InChI=1S/C13H22N2O/c1-5-15-7-6-14-11(15)13(16)9-12(3,4)8-10(13)2/h6-7,10,16H,5,8-9H2,1-4H3. The summed E-state index contributed by atoms with van der Waals surface area (Å²) in [6.45, 7) is 9.52. The van der Waals surface area contributed by atoms with Crippen LogP contribution in [-0.2, 0) is 12.1 Å². The van der Waals surface area contributed by atoms with Crippen LogP contribution in [0.1, 0.15) is 46.4 Å². The number of aromatic nitrogens is 2. The van der Waals surface area contributed by atoms with Gasteiger partial charge in [0.2, 0.25) is 0 Å². The minimum absolute atomic E-state index is 0.207. The second kappa shape index (κ2) is 3.59. The van der Waals surface area contributed by atoms with E-state index in [4.69, 9.17) is 0 Å². The zero-order valence-corrected chi connectivity index (χ0v) is 10.7. The first-order chi connectivity index (χ1) is 7.39. The number of imidazole rings is 1. The summed E-state index contributed by atoms with van der Waals surface area (Å²) >= 11 is 0. The Bertz CT molecular complexity index is 383. The van der Waals surface area contributed by atoms with Crippen LogP contribution >= 0.6 is 0 Å². The van der Waals surface area contributed by atoms with Gasteiger partial charge in [-0.15, -0.1) is 0 Å². The topological polar surface area (TPSA) is 38.0 Å². The molecule has 1 saturated carbocycles. The Morgan fingerprint density at radius 2 is 2.25 bits per heavy atom. The van der Waals surface area contributed by atoms with Crippen LogP contribution in [0.5, 0.6) is 0 Å². The Labute approximate surface area is 97.5 Å². The Balaban J connectivity index is 2.39. The highest BCUT2D eigenvalue weighted by Crippen LogP contribution is 2.51. The van der Waals surface area contributed by atoms with E-state index in [0.29, 0.717) is 0 Å². The molecule has 1 N–H and O–H groups in total. The molecule has 2 unspecified atom stereocenters. The van der Waals surface area contributed by atoms with Gasteiger partial charge in [-0.05, 0) is 31.1 Å². The third kappa shape index (κ3) is 1.67. The van der Waals surface area contributed by atoms with Crippen LogP contribution in [0, 0.1) is 11.3 Å². The highest BCUT2D eigenvalue weighted by atomic mass is 16.3. The van der Waals surface area contributed by atoms with Crippen LogP contribution in [0.3, 0.4) is 0 Å². The van der Waals surface area contributed by atoms with E-state index in [1.165, 1.54) is 0 Å². The molecule has 0 bridgehead atoms. The van der Waals surface area contributed by atoms with Crippen molar-refractivity contribution in [3.63, 3.8) is 0 Å². The summed E-state index contributed by atoms with van der Waals surface area (Å²) in [7, 11) is 0. The number of nitrogens with zero attached hydrogens (tertiary/aromatic N) is 2. The first-order valence-corrected chi connectivity index (χ1v) is 6.13. The second-order valence-corrected chi connectivity index (χ2v) is 5.91. The highest BCUT2D eigenvalue weighted by molar-refractivity contribution is 5.12.